The summed E-state index contributed by atoms with van der Waals surface area (Å²) in [6.07, 6.45) is 3.62. The standard InChI is InChI=1S/C21H27N5O2/c1-14(19(27)12-9-16-8-11-18(20(23)24)25-13-16)26-21(28)17(22)10-7-15-5-3-2-4-6-15/h2-6,8,11,13-14,17H,7,9-10,12,22H2,1H3,(H3,23,24)(H,26,28)/t14-,17+/m0/s1. The van der Waals surface area contributed by atoms with Crippen molar-refractivity contribution < 1.29 is 9.59 Å². The van der Waals surface area contributed by atoms with Crippen LogP contribution >= 0.6 is 0 Å². The van der Waals surface area contributed by atoms with E-state index in [-0.39, 0.29) is 23.9 Å². The molecule has 2 aromatic rings. The number of nitrogens with one attached hydrogen (secondary N) is 2. The van der Waals surface area contributed by atoms with Crippen molar-refractivity contribution in [1.82, 2.24) is 10.3 Å². The molecule has 0 bridgehead atoms. The van der Waals surface area contributed by atoms with Crippen molar-refractivity contribution in [3.63, 3.8) is 0 Å². The van der Waals surface area contributed by atoms with Crippen LogP contribution < -0.4 is 16.8 Å². The van der Waals surface area contributed by atoms with Crippen LogP contribution in [0.25, 0.3) is 0 Å². The maximum Gasteiger partial charge on any atom is 0.237 e. The van der Waals surface area contributed by atoms with E-state index in [2.05, 4.69) is 10.3 Å². The molecule has 7 heteroatoms. The van der Waals surface area contributed by atoms with Gasteiger partial charge in [0.05, 0.1) is 12.1 Å². The van der Waals surface area contributed by atoms with Gasteiger partial charge in [0.15, 0.2) is 5.78 Å². The molecule has 0 saturated carbocycles. The number of carbonyl (C=O) groups excluding carboxylic acids is 2. The van der Waals surface area contributed by atoms with Crippen LogP contribution in [-0.4, -0.2) is 34.6 Å². The molecule has 0 aliphatic heterocycles. The lowest BCUT2D eigenvalue weighted by Gasteiger charge is -2.17. The zero-order chi connectivity index (χ0) is 20.5. The summed E-state index contributed by atoms with van der Waals surface area (Å²) in [5.41, 5.74) is 13.7. The number of nitrogen functional groups attached to an aromatic ring is 1. The number of benzene rings is 1. The minimum Gasteiger partial charge on any atom is -0.382 e. The number of aromatic nitrogens is 1. The van der Waals surface area contributed by atoms with Crippen LogP contribution in [-0.2, 0) is 22.4 Å². The Kier molecular flexibility index (Phi) is 7.83. The first kappa shape index (κ1) is 21.2. The highest BCUT2D eigenvalue weighted by atomic mass is 16.2. The number of amidine groups is 1. The highest BCUT2D eigenvalue weighted by Crippen LogP contribution is 2.07. The molecule has 7 nitrogen and oxygen atoms in total. The maximum absolute atomic E-state index is 12.3. The second kappa shape index (κ2) is 10.3. The number of amides is 1. The van der Waals surface area contributed by atoms with E-state index in [9.17, 15) is 9.59 Å². The Morgan fingerprint density at radius 3 is 2.43 bits per heavy atom. The van der Waals surface area contributed by atoms with Gasteiger partial charge in [0.1, 0.15) is 11.5 Å². The Morgan fingerprint density at radius 1 is 1.11 bits per heavy atom. The highest BCUT2D eigenvalue weighted by molar-refractivity contribution is 5.93. The lowest BCUT2D eigenvalue weighted by molar-refractivity contribution is -0.128. The number of hydrogen-bond donors (Lipinski definition) is 4. The van der Waals surface area contributed by atoms with Gasteiger partial charge in [-0.05, 0) is 43.4 Å². The summed E-state index contributed by atoms with van der Waals surface area (Å²) in [5, 5.41) is 10.0. The smallest absolute Gasteiger partial charge is 0.237 e. The van der Waals surface area contributed by atoms with Crippen molar-refractivity contribution in [2.24, 2.45) is 11.5 Å². The number of nitrogens with two attached hydrogens (primary N) is 2. The zero-order valence-corrected chi connectivity index (χ0v) is 16.0. The van der Waals surface area contributed by atoms with E-state index in [1.54, 1.807) is 25.3 Å². The lowest BCUT2D eigenvalue weighted by atomic mass is 10.0. The molecular weight excluding hydrogens is 354 g/mol. The average Bonchev–Trinajstić information content (AvgIpc) is 2.71. The first-order valence-electron chi connectivity index (χ1n) is 9.28. The molecule has 0 aliphatic rings. The highest BCUT2D eigenvalue weighted by Gasteiger charge is 2.19. The molecule has 28 heavy (non-hydrogen) atoms. The summed E-state index contributed by atoms with van der Waals surface area (Å²) in [4.78, 5) is 28.6. The molecular formula is C21H27N5O2. The topological polar surface area (TPSA) is 135 Å². The summed E-state index contributed by atoms with van der Waals surface area (Å²) < 4.78 is 0. The first-order chi connectivity index (χ1) is 13.4. The van der Waals surface area contributed by atoms with Gasteiger partial charge >= 0.3 is 0 Å². The monoisotopic (exact) mass is 381 g/mol. The third kappa shape index (κ3) is 6.59. The molecule has 0 saturated heterocycles. The molecule has 148 valence electrons. The van der Waals surface area contributed by atoms with Crippen molar-refractivity contribution in [1.29, 1.82) is 5.41 Å². The summed E-state index contributed by atoms with van der Waals surface area (Å²) in [6.45, 7) is 1.67. The quantitative estimate of drug-likeness (QED) is 0.364. The second-order valence-electron chi connectivity index (χ2n) is 6.79. The van der Waals surface area contributed by atoms with Gasteiger partial charge < -0.3 is 16.8 Å². The van der Waals surface area contributed by atoms with Gasteiger partial charge in [-0.2, -0.15) is 0 Å². The Bertz CT molecular complexity index is 805. The molecule has 2 rings (SSSR count). The normalized spacial score (nSPS) is 12.8. The average molecular weight is 381 g/mol. The van der Waals surface area contributed by atoms with Crippen molar-refractivity contribution in [2.75, 3.05) is 0 Å². The van der Waals surface area contributed by atoms with Crippen molar-refractivity contribution >= 4 is 17.5 Å². The van der Waals surface area contributed by atoms with Crippen molar-refractivity contribution in [3.05, 3.63) is 65.5 Å². The Labute approximate surface area is 165 Å². The fraction of sp³-hybridized carbons (Fsp3) is 0.333. The van der Waals surface area contributed by atoms with Gasteiger partial charge in [-0.1, -0.05) is 36.4 Å². The molecule has 1 aromatic carbocycles. The predicted molar refractivity (Wildman–Crippen MR) is 109 cm³/mol. The molecule has 0 aliphatic carbocycles. The fourth-order valence-electron chi connectivity index (χ4n) is 2.71. The third-order valence-electron chi connectivity index (χ3n) is 4.53. The van der Waals surface area contributed by atoms with E-state index in [1.807, 2.05) is 30.3 Å². The minimum atomic E-state index is -0.654. The number of carbonyl (C=O) groups is 2. The predicted octanol–water partition coefficient (Wildman–Crippen LogP) is 1.33. The largest absolute Gasteiger partial charge is 0.382 e. The van der Waals surface area contributed by atoms with Crippen molar-refractivity contribution in [2.45, 2.75) is 44.7 Å². The lowest BCUT2D eigenvalue weighted by Crippen LogP contribution is -2.47. The van der Waals surface area contributed by atoms with E-state index in [4.69, 9.17) is 16.9 Å². The molecule has 1 heterocycles. The molecule has 2 atom stereocenters. The molecule has 0 unspecified atom stereocenters. The number of aryl methyl sites for hydroxylation is 2. The Morgan fingerprint density at radius 2 is 1.82 bits per heavy atom. The number of nitrogens with zero attached hydrogens (tertiary/aromatic N) is 1. The van der Waals surface area contributed by atoms with Gasteiger partial charge in [-0.3, -0.25) is 20.0 Å². The van der Waals surface area contributed by atoms with Crippen LogP contribution in [0.2, 0.25) is 0 Å². The number of hydrogen-bond acceptors (Lipinski definition) is 5. The van der Waals surface area contributed by atoms with Gasteiger partial charge in [-0.15, -0.1) is 0 Å². The van der Waals surface area contributed by atoms with Gasteiger partial charge in [0.2, 0.25) is 5.91 Å². The van der Waals surface area contributed by atoms with Crippen molar-refractivity contribution in [3.8, 4) is 0 Å². The summed E-state index contributed by atoms with van der Waals surface area (Å²) >= 11 is 0. The van der Waals surface area contributed by atoms with E-state index in [0.29, 0.717) is 25.0 Å². The number of Topliss-reactive ketones (excluding diaryl/α,β-unsaturated/α-hetero) is 1. The van der Waals surface area contributed by atoms with Crippen LogP contribution in [0, 0.1) is 5.41 Å². The van der Waals surface area contributed by atoms with E-state index >= 15 is 0 Å². The molecule has 1 aromatic heterocycles. The first-order valence-corrected chi connectivity index (χ1v) is 9.28. The third-order valence-corrected chi connectivity index (χ3v) is 4.53. The summed E-state index contributed by atoms with van der Waals surface area (Å²) in [6, 6.07) is 12.0. The van der Waals surface area contributed by atoms with Crippen LogP contribution in [0.1, 0.15) is 36.6 Å². The Hall–Kier alpha value is -3.06. The zero-order valence-electron chi connectivity index (χ0n) is 16.0. The molecule has 0 spiro atoms. The fourth-order valence-corrected chi connectivity index (χ4v) is 2.71. The van der Waals surface area contributed by atoms with Crippen LogP contribution in [0.15, 0.2) is 48.7 Å². The Balaban J connectivity index is 1.75. The second-order valence-corrected chi connectivity index (χ2v) is 6.79. The minimum absolute atomic E-state index is 0.0701. The van der Waals surface area contributed by atoms with E-state index < -0.39 is 12.1 Å². The molecule has 6 N–H and O–H groups in total. The van der Waals surface area contributed by atoms with Gasteiger partial charge in [0.25, 0.3) is 0 Å². The van der Waals surface area contributed by atoms with Crippen LogP contribution in [0.5, 0.6) is 0 Å². The number of ketones is 1. The van der Waals surface area contributed by atoms with Gasteiger partial charge in [-0.25, -0.2) is 0 Å². The maximum atomic E-state index is 12.3. The SMILES string of the molecule is C[C@H](NC(=O)[C@H](N)CCc1ccccc1)C(=O)CCc1ccc(C(=N)N)nc1. The summed E-state index contributed by atoms with van der Waals surface area (Å²) in [7, 11) is 0. The number of rotatable bonds is 10. The molecule has 1 amide bonds. The summed E-state index contributed by atoms with van der Waals surface area (Å²) in [5.74, 6) is -0.480. The van der Waals surface area contributed by atoms with Gasteiger partial charge in [0, 0.05) is 12.6 Å². The number of pyridine rings is 1. The van der Waals surface area contributed by atoms with Crippen LogP contribution in [0.3, 0.4) is 0 Å². The van der Waals surface area contributed by atoms with E-state index in [0.717, 1.165) is 11.1 Å². The molecule has 0 fully saturated rings. The molecule has 0 radical (unpaired) electrons. The van der Waals surface area contributed by atoms with Crippen LogP contribution in [0.4, 0.5) is 0 Å². The van der Waals surface area contributed by atoms with E-state index in [1.165, 1.54) is 0 Å².